The Morgan fingerprint density at radius 1 is 0.957 bits per heavy atom. The van der Waals surface area contributed by atoms with Gasteiger partial charge in [-0.25, -0.2) is 0 Å². The van der Waals surface area contributed by atoms with Crippen LogP contribution in [0.4, 0.5) is 0 Å². The van der Waals surface area contributed by atoms with Crippen LogP contribution in [0.5, 0.6) is 0 Å². The second-order valence-corrected chi connectivity index (χ2v) is 8.80. The van der Waals surface area contributed by atoms with Crippen molar-refractivity contribution >= 4 is 0 Å². The fraction of sp³-hybridized carbons (Fsp3) is 0.739. The second-order valence-electron chi connectivity index (χ2n) is 8.80. The average molecular weight is 315 g/mol. The van der Waals surface area contributed by atoms with Crippen LogP contribution in [0.15, 0.2) is 36.0 Å². The van der Waals surface area contributed by atoms with E-state index < -0.39 is 0 Å². The minimum atomic E-state index is 0.211. The Morgan fingerprint density at radius 3 is 2.35 bits per heavy atom. The SMILES string of the molecule is CCC1(C)C=CC(C)(C2CCCCC(C)CCC2)C=CC(C)=C1. The van der Waals surface area contributed by atoms with Crippen molar-refractivity contribution in [1.82, 2.24) is 0 Å². The molecule has 0 aromatic heterocycles. The maximum atomic E-state index is 2.54. The highest BCUT2D eigenvalue weighted by atomic mass is 14.4. The van der Waals surface area contributed by atoms with Crippen molar-refractivity contribution in [1.29, 1.82) is 0 Å². The first-order valence-electron chi connectivity index (χ1n) is 9.96. The lowest BCUT2D eigenvalue weighted by Gasteiger charge is -2.35. The fourth-order valence-corrected chi connectivity index (χ4v) is 4.35. The van der Waals surface area contributed by atoms with E-state index in [1.54, 1.807) is 0 Å². The summed E-state index contributed by atoms with van der Waals surface area (Å²) in [4.78, 5) is 0. The van der Waals surface area contributed by atoms with E-state index >= 15 is 0 Å². The summed E-state index contributed by atoms with van der Waals surface area (Å²) in [6.07, 6.45) is 23.4. The molecule has 4 atom stereocenters. The summed E-state index contributed by atoms with van der Waals surface area (Å²) in [5.74, 6) is 1.73. The molecule has 1 saturated carbocycles. The van der Waals surface area contributed by atoms with Crippen LogP contribution in [0.2, 0.25) is 0 Å². The largest absolute Gasteiger partial charge is 0.0779 e. The predicted molar refractivity (Wildman–Crippen MR) is 104 cm³/mol. The summed E-state index contributed by atoms with van der Waals surface area (Å²) in [7, 11) is 0. The van der Waals surface area contributed by atoms with Crippen molar-refractivity contribution < 1.29 is 0 Å². The summed E-state index contributed by atoms with van der Waals surface area (Å²) in [5, 5.41) is 0. The fourth-order valence-electron chi connectivity index (χ4n) is 4.35. The van der Waals surface area contributed by atoms with Crippen molar-refractivity contribution in [3.63, 3.8) is 0 Å². The molecule has 23 heavy (non-hydrogen) atoms. The van der Waals surface area contributed by atoms with Crippen LogP contribution in [-0.2, 0) is 0 Å². The summed E-state index contributed by atoms with van der Waals surface area (Å²) >= 11 is 0. The van der Waals surface area contributed by atoms with Crippen molar-refractivity contribution in [3.8, 4) is 0 Å². The van der Waals surface area contributed by atoms with Crippen LogP contribution in [0, 0.1) is 22.7 Å². The number of hydrogen-bond donors (Lipinski definition) is 0. The molecule has 0 aromatic carbocycles. The first-order valence-corrected chi connectivity index (χ1v) is 9.96. The molecule has 0 amide bonds. The number of allylic oxidation sites excluding steroid dienone is 6. The van der Waals surface area contributed by atoms with E-state index in [9.17, 15) is 0 Å². The highest BCUT2D eigenvalue weighted by molar-refractivity contribution is 5.30. The smallest absolute Gasteiger partial charge is 0.00644 e. The Hall–Kier alpha value is -0.780. The summed E-state index contributed by atoms with van der Waals surface area (Å²) in [5.41, 5.74) is 1.85. The molecule has 0 N–H and O–H groups in total. The van der Waals surface area contributed by atoms with Gasteiger partial charge in [-0.05, 0) is 38.0 Å². The third kappa shape index (κ3) is 5.10. The van der Waals surface area contributed by atoms with Crippen molar-refractivity contribution in [3.05, 3.63) is 36.0 Å². The van der Waals surface area contributed by atoms with Crippen LogP contribution >= 0.6 is 0 Å². The van der Waals surface area contributed by atoms with Gasteiger partial charge in [0.15, 0.2) is 0 Å². The Morgan fingerprint density at radius 2 is 1.61 bits per heavy atom. The molecular formula is C23H38. The van der Waals surface area contributed by atoms with E-state index in [-0.39, 0.29) is 10.8 Å². The molecule has 130 valence electrons. The van der Waals surface area contributed by atoms with Gasteiger partial charge in [-0.3, -0.25) is 0 Å². The molecule has 1 fully saturated rings. The molecule has 0 heterocycles. The van der Waals surface area contributed by atoms with Crippen molar-refractivity contribution in [2.45, 2.75) is 86.0 Å². The molecule has 0 bridgehead atoms. The van der Waals surface area contributed by atoms with E-state index in [4.69, 9.17) is 0 Å². The monoisotopic (exact) mass is 314 g/mol. The molecule has 0 aliphatic heterocycles. The zero-order valence-corrected chi connectivity index (χ0v) is 16.2. The van der Waals surface area contributed by atoms with Gasteiger partial charge in [-0.15, -0.1) is 0 Å². The molecule has 0 nitrogen and oxygen atoms in total. The van der Waals surface area contributed by atoms with E-state index in [0.717, 1.165) is 11.8 Å². The van der Waals surface area contributed by atoms with Gasteiger partial charge in [-0.2, -0.15) is 0 Å². The third-order valence-electron chi connectivity index (χ3n) is 6.48. The standard InChI is InChI=1S/C23H38/c1-6-22(4)16-17-23(5,15-14-20(3)18-22)21-12-8-7-10-19(2)11-9-13-21/h14-19,21H,6-13H2,1-5H3. The molecule has 4 unspecified atom stereocenters. The van der Waals surface area contributed by atoms with E-state index in [0.29, 0.717) is 0 Å². The van der Waals surface area contributed by atoms with Crippen molar-refractivity contribution in [2.24, 2.45) is 22.7 Å². The quantitative estimate of drug-likeness (QED) is 0.463. The molecule has 0 heteroatoms. The lowest BCUT2D eigenvalue weighted by molar-refractivity contribution is 0.271. The van der Waals surface area contributed by atoms with Crippen LogP contribution in [0.3, 0.4) is 0 Å². The second kappa shape index (κ2) is 7.86. The van der Waals surface area contributed by atoms with Gasteiger partial charge >= 0.3 is 0 Å². The molecule has 0 spiro atoms. The average Bonchev–Trinajstić information content (AvgIpc) is 2.62. The molecule has 2 aliphatic rings. The molecule has 2 rings (SSSR count). The number of hydrogen-bond acceptors (Lipinski definition) is 0. The lowest BCUT2D eigenvalue weighted by Crippen LogP contribution is -2.25. The van der Waals surface area contributed by atoms with Crippen LogP contribution in [-0.4, -0.2) is 0 Å². The Balaban J connectivity index is 2.24. The van der Waals surface area contributed by atoms with Crippen LogP contribution in [0.1, 0.15) is 86.0 Å². The van der Waals surface area contributed by atoms with Gasteiger partial charge < -0.3 is 0 Å². The number of rotatable bonds is 2. The topological polar surface area (TPSA) is 0 Å². The molecule has 0 aromatic rings. The minimum absolute atomic E-state index is 0.211. The van der Waals surface area contributed by atoms with Crippen LogP contribution < -0.4 is 0 Å². The maximum absolute atomic E-state index is 2.54. The highest BCUT2D eigenvalue weighted by Gasteiger charge is 2.31. The first kappa shape index (κ1) is 18.6. The molecular weight excluding hydrogens is 276 g/mol. The summed E-state index contributed by atoms with van der Waals surface area (Å²) < 4.78 is 0. The minimum Gasteiger partial charge on any atom is -0.0779 e. The van der Waals surface area contributed by atoms with Gasteiger partial charge in [-0.1, -0.05) is 95.8 Å². The van der Waals surface area contributed by atoms with Gasteiger partial charge in [0.2, 0.25) is 0 Å². The predicted octanol–water partition coefficient (Wildman–Crippen LogP) is 7.48. The van der Waals surface area contributed by atoms with E-state index in [1.807, 2.05) is 0 Å². The van der Waals surface area contributed by atoms with E-state index in [2.05, 4.69) is 65.0 Å². The molecule has 0 saturated heterocycles. The molecule has 2 aliphatic carbocycles. The Kier molecular flexibility index (Phi) is 6.34. The summed E-state index contributed by atoms with van der Waals surface area (Å²) in [6, 6.07) is 0. The van der Waals surface area contributed by atoms with Gasteiger partial charge in [0.1, 0.15) is 0 Å². The van der Waals surface area contributed by atoms with Gasteiger partial charge in [0.25, 0.3) is 0 Å². The van der Waals surface area contributed by atoms with E-state index in [1.165, 1.54) is 56.9 Å². The van der Waals surface area contributed by atoms with Crippen LogP contribution in [0.25, 0.3) is 0 Å². The normalized spacial score (nSPS) is 39.6. The zero-order chi connectivity index (χ0) is 16.9. The lowest BCUT2D eigenvalue weighted by atomic mass is 9.69. The third-order valence-corrected chi connectivity index (χ3v) is 6.48. The maximum Gasteiger partial charge on any atom is 0.00644 e. The Bertz CT molecular complexity index is 466. The zero-order valence-electron chi connectivity index (χ0n) is 16.2. The molecule has 0 radical (unpaired) electrons. The highest BCUT2D eigenvalue weighted by Crippen LogP contribution is 2.42. The van der Waals surface area contributed by atoms with Gasteiger partial charge in [0, 0.05) is 10.8 Å². The Labute approximate surface area is 145 Å². The summed E-state index contributed by atoms with van der Waals surface area (Å²) in [6.45, 7) is 11.9. The first-order chi connectivity index (χ1) is 10.9. The van der Waals surface area contributed by atoms with Gasteiger partial charge in [0.05, 0.1) is 0 Å². The van der Waals surface area contributed by atoms with Crippen molar-refractivity contribution in [2.75, 3.05) is 0 Å².